The minimum absolute atomic E-state index is 0.471. The Balaban J connectivity index is 4.73. The number of amides is 1. The minimum atomic E-state index is -4.98. The molecule has 8 heteroatoms. The van der Waals surface area contributed by atoms with Gasteiger partial charge in [-0.1, -0.05) is 0 Å². The summed E-state index contributed by atoms with van der Waals surface area (Å²) in [6.07, 6.45) is -4.98. The molecule has 16 heavy (non-hydrogen) atoms. The lowest BCUT2D eigenvalue weighted by Gasteiger charge is -2.28. The Hall–Kier alpha value is -1.31. The van der Waals surface area contributed by atoms with E-state index in [0.717, 1.165) is 4.90 Å². The highest BCUT2D eigenvalue weighted by Crippen LogP contribution is 2.30. The number of rotatable bonds is 4. The number of hydrogen-bond acceptors (Lipinski definition) is 3. The molecule has 0 aromatic rings. The predicted molar refractivity (Wildman–Crippen MR) is 48.8 cm³/mol. The van der Waals surface area contributed by atoms with E-state index in [9.17, 15) is 22.8 Å². The molecule has 5 nitrogen and oxygen atoms in total. The van der Waals surface area contributed by atoms with Crippen molar-refractivity contribution in [3.63, 3.8) is 0 Å². The summed E-state index contributed by atoms with van der Waals surface area (Å²) in [5.41, 5.74) is -3.13. The number of carboxylic acid groups (broad SMARTS) is 1. The summed E-state index contributed by atoms with van der Waals surface area (Å²) in [6, 6.07) is 0. The number of nitrogens with one attached hydrogen (secondary N) is 1. The average Bonchev–Trinajstić information content (AvgIpc) is 2.10. The molecule has 0 radical (unpaired) electrons. The zero-order valence-electron chi connectivity index (χ0n) is 9.05. The van der Waals surface area contributed by atoms with Crippen LogP contribution in [0.15, 0.2) is 0 Å². The van der Waals surface area contributed by atoms with Crippen LogP contribution in [0.1, 0.15) is 6.92 Å². The lowest BCUT2D eigenvalue weighted by atomic mass is 10.0. The summed E-state index contributed by atoms with van der Waals surface area (Å²) >= 11 is 0. The van der Waals surface area contributed by atoms with Gasteiger partial charge in [-0.15, -0.1) is 0 Å². The molecule has 0 spiro atoms. The Kier molecular flexibility index (Phi) is 4.30. The number of likely N-dealkylation sites (N-methyl/N-ethyl adjacent to an activating group) is 1. The largest absolute Gasteiger partial charge is 0.480 e. The molecule has 1 unspecified atom stereocenters. The van der Waals surface area contributed by atoms with E-state index in [0.29, 0.717) is 6.92 Å². The van der Waals surface area contributed by atoms with E-state index in [1.807, 2.05) is 0 Å². The third-order valence-corrected chi connectivity index (χ3v) is 2.09. The predicted octanol–water partition coefficient (Wildman–Crippen LogP) is 0.0698. The molecule has 1 atom stereocenters. The normalized spacial score (nSPS) is 15.4. The molecule has 0 rings (SSSR count). The van der Waals surface area contributed by atoms with Gasteiger partial charge >= 0.3 is 12.1 Å². The molecule has 0 aromatic heterocycles. The monoisotopic (exact) mass is 242 g/mol. The molecule has 0 saturated carbocycles. The highest BCUT2D eigenvalue weighted by atomic mass is 19.4. The van der Waals surface area contributed by atoms with Gasteiger partial charge in [0, 0.05) is 14.1 Å². The van der Waals surface area contributed by atoms with Crippen LogP contribution in [0, 0.1) is 0 Å². The molecule has 94 valence electrons. The van der Waals surface area contributed by atoms with Crippen LogP contribution in [0.5, 0.6) is 0 Å². The number of halogens is 3. The fourth-order valence-electron chi connectivity index (χ4n) is 0.708. The summed E-state index contributed by atoms with van der Waals surface area (Å²) in [5, 5.41) is 10.2. The SMILES string of the molecule is CN(C)C(=O)CNC(C)(C(=O)O)C(F)(F)F. The maximum absolute atomic E-state index is 12.4. The van der Waals surface area contributed by atoms with Gasteiger partial charge in [0.1, 0.15) is 0 Å². The lowest BCUT2D eigenvalue weighted by Crippen LogP contribution is -2.61. The molecule has 0 aromatic carbocycles. The third kappa shape index (κ3) is 3.09. The van der Waals surface area contributed by atoms with E-state index < -0.39 is 30.1 Å². The van der Waals surface area contributed by atoms with E-state index in [-0.39, 0.29) is 0 Å². The van der Waals surface area contributed by atoms with Crippen molar-refractivity contribution in [1.29, 1.82) is 0 Å². The Bertz CT molecular complexity index is 291. The van der Waals surface area contributed by atoms with Crippen molar-refractivity contribution in [2.24, 2.45) is 0 Å². The highest BCUT2D eigenvalue weighted by Gasteiger charge is 2.57. The Morgan fingerprint density at radius 3 is 2.00 bits per heavy atom. The molecule has 2 N–H and O–H groups in total. The third-order valence-electron chi connectivity index (χ3n) is 2.09. The van der Waals surface area contributed by atoms with Crippen molar-refractivity contribution in [1.82, 2.24) is 10.2 Å². The first kappa shape index (κ1) is 14.7. The van der Waals surface area contributed by atoms with Crippen LogP contribution in [0.3, 0.4) is 0 Å². The number of nitrogens with zero attached hydrogens (tertiary/aromatic N) is 1. The second-order valence-corrected chi connectivity index (χ2v) is 3.57. The van der Waals surface area contributed by atoms with Crippen molar-refractivity contribution in [2.45, 2.75) is 18.6 Å². The summed E-state index contributed by atoms with van der Waals surface area (Å²) in [7, 11) is 2.71. The van der Waals surface area contributed by atoms with Gasteiger partial charge in [-0.25, -0.2) is 4.79 Å². The lowest BCUT2D eigenvalue weighted by molar-refractivity contribution is -0.205. The molecule has 0 aliphatic rings. The van der Waals surface area contributed by atoms with Gasteiger partial charge < -0.3 is 10.0 Å². The number of carbonyl (C=O) groups excluding carboxylic acids is 1. The smallest absolute Gasteiger partial charge is 0.417 e. The summed E-state index contributed by atoms with van der Waals surface area (Å²) < 4.78 is 37.3. The average molecular weight is 242 g/mol. The second-order valence-electron chi connectivity index (χ2n) is 3.57. The maximum Gasteiger partial charge on any atom is 0.417 e. The minimum Gasteiger partial charge on any atom is -0.480 e. The first-order chi connectivity index (χ1) is 7.02. The van der Waals surface area contributed by atoms with Crippen molar-refractivity contribution in [2.75, 3.05) is 20.6 Å². The number of carbonyl (C=O) groups is 2. The van der Waals surface area contributed by atoms with Gasteiger partial charge in [-0.2, -0.15) is 13.2 Å². The quantitative estimate of drug-likeness (QED) is 0.732. The summed E-state index contributed by atoms with van der Waals surface area (Å²) in [4.78, 5) is 22.6. The molecule has 0 heterocycles. The van der Waals surface area contributed by atoms with Crippen molar-refractivity contribution < 1.29 is 27.9 Å². The fourth-order valence-corrected chi connectivity index (χ4v) is 0.708. The second kappa shape index (κ2) is 4.69. The van der Waals surface area contributed by atoms with E-state index in [2.05, 4.69) is 0 Å². The molecule has 0 fully saturated rings. The number of carboxylic acids is 1. The van der Waals surface area contributed by atoms with E-state index >= 15 is 0 Å². The topological polar surface area (TPSA) is 69.6 Å². The van der Waals surface area contributed by atoms with Crippen LogP contribution in [0.25, 0.3) is 0 Å². The van der Waals surface area contributed by atoms with Gasteiger partial charge in [0.25, 0.3) is 0 Å². The van der Waals surface area contributed by atoms with Crippen LogP contribution in [0.2, 0.25) is 0 Å². The van der Waals surface area contributed by atoms with Gasteiger partial charge in [0.2, 0.25) is 11.4 Å². The number of alkyl halides is 3. The highest BCUT2D eigenvalue weighted by molar-refractivity contribution is 5.82. The molecule has 0 aliphatic heterocycles. The molecule has 0 bridgehead atoms. The van der Waals surface area contributed by atoms with Gasteiger partial charge in [0.15, 0.2) is 0 Å². The van der Waals surface area contributed by atoms with Gasteiger partial charge in [-0.3, -0.25) is 10.1 Å². The molecule has 1 amide bonds. The molecular weight excluding hydrogens is 229 g/mol. The first-order valence-corrected chi connectivity index (χ1v) is 4.27. The zero-order valence-corrected chi connectivity index (χ0v) is 9.05. The van der Waals surface area contributed by atoms with E-state index in [4.69, 9.17) is 5.11 Å². The zero-order chi connectivity index (χ0) is 13.1. The standard InChI is InChI=1S/C8H13F3N2O3/c1-7(6(15)16,8(9,10)11)12-4-5(14)13(2)3/h12H,4H2,1-3H3,(H,15,16). The summed E-state index contributed by atoms with van der Waals surface area (Å²) in [6.45, 7) is -0.229. The Morgan fingerprint density at radius 2 is 1.75 bits per heavy atom. The van der Waals surface area contributed by atoms with Crippen molar-refractivity contribution in [3.05, 3.63) is 0 Å². The van der Waals surface area contributed by atoms with E-state index in [1.165, 1.54) is 14.1 Å². The summed E-state index contributed by atoms with van der Waals surface area (Å²) in [5.74, 6) is -2.72. The van der Waals surface area contributed by atoms with Crippen LogP contribution in [-0.2, 0) is 9.59 Å². The fraction of sp³-hybridized carbons (Fsp3) is 0.750. The van der Waals surface area contributed by atoms with Crippen LogP contribution in [0.4, 0.5) is 13.2 Å². The van der Waals surface area contributed by atoms with E-state index in [1.54, 1.807) is 5.32 Å². The molecular formula is C8H13F3N2O3. The first-order valence-electron chi connectivity index (χ1n) is 4.27. The van der Waals surface area contributed by atoms with Crippen molar-refractivity contribution >= 4 is 11.9 Å². The maximum atomic E-state index is 12.4. The number of aliphatic carboxylic acids is 1. The van der Waals surface area contributed by atoms with Gasteiger partial charge in [0.05, 0.1) is 6.54 Å². The van der Waals surface area contributed by atoms with Crippen LogP contribution in [-0.4, -0.2) is 54.2 Å². The van der Waals surface area contributed by atoms with Crippen molar-refractivity contribution in [3.8, 4) is 0 Å². The molecule has 0 aliphatic carbocycles. The Morgan fingerprint density at radius 1 is 1.31 bits per heavy atom. The molecule has 0 saturated heterocycles. The van der Waals surface area contributed by atoms with Crippen LogP contribution < -0.4 is 5.32 Å². The van der Waals surface area contributed by atoms with Crippen LogP contribution >= 0.6 is 0 Å². The Labute approximate surface area is 90.2 Å². The van der Waals surface area contributed by atoms with Gasteiger partial charge in [-0.05, 0) is 6.92 Å². The number of hydrogen-bond donors (Lipinski definition) is 2.